The molecule has 1 aromatic heterocycles. The second-order valence-corrected chi connectivity index (χ2v) is 4.22. The summed E-state index contributed by atoms with van der Waals surface area (Å²) in [6.45, 7) is 3.74. The third-order valence-electron chi connectivity index (χ3n) is 2.96. The monoisotopic (exact) mass is 247 g/mol. The smallest absolute Gasteiger partial charge is 0.226 e. The van der Waals surface area contributed by atoms with Gasteiger partial charge >= 0.3 is 0 Å². The second-order valence-electron chi connectivity index (χ2n) is 4.22. The van der Waals surface area contributed by atoms with Crippen molar-refractivity contribution < 1.29 is 4.42 Å². The number of oxazole rings is 1. The molecule has 0 fully saturated rings. The molecule has 0 atom stereocenters. The van der Waals surface area contributed by atoms with Crippen LogP contribution in [0.2, 0.25) is 0 Å². The van der Waals surface area contributed by atoms with Crippen molar-refractivity contribution in [3.63, 3.8) is 0 Å². The van der Waals surface area contributed by atoms with Crippen LogP contribution in [0.5, 0.6) is 0 Å². The van der Waals surface area contributed by atoms with E-state index >= 15 is 0 Å². The number of aromatic nitrogens is 1. The quantitative estimate of drug-likeness (QED) is 0.673. The fourth-order valence-corrected chi connectivity index (χ4v) is 1.91. The molecule has 0 N–H and O–H groups in total. The summed E-state index contributed by atoms with van der Waals surface area (Å²) < 4.78 is 5.79. The maximum absolute atomic E-state index is 5.79. The molecular weight excluding hydrogens is 234 g/mol. The van der Waals surface area contributed by atoms with Crippen LogP contribution in [0.4, 0.5) is 0 Å². The summed E-state index contributed by atoms with van der Waals surface area (Å²) in [6.07, 6.45) is 3.57. The molecule has 0 unspecified atom stereocenters. The Bertz CT molecular complexity index is 681. The average molecular weight is 247 g/mol. The highest BCUT2D eigenvalue weighted by atomic mass is 16.4. The minimum Gasteiger partial charge on any atom is -0.436 e. The van der Waals surface area contributed by atoms with E-state index in [9.17, 15) is 0 Å². The molecule has 1 heterocycles. The van der Waals surface area contributed by atoms with E-state index in [1.807, 2.05) is 60.7 Å². The van der Waals surface area contributed by atoms with Crippen LogP contribution in [-0.4, -0.2) is 4.98 Å². The summed E-state index contributed by atoms with van der Waals surface area (Å²) in [5, 5.41) is 0. The summed E-state index contributed by atoms with van der Waals surface area (Å²) in [4.78, 5) is 4.33. The Labute approximate surface area is 112 Å². The summed E-state index contributed by atoms with van der Waals surface area (Å²) in [5.41, 5.74) is 3.08. The summed E-state index contributed by atoms with van der Waals surface area (Å²) in [5.74, 6) is 1.41. The van der Waals surface area contributed by atoms with Gasteiger partial charge in [0.1, 0.15) is 0 Å². The molecule has 2 aromatic carbocycles. The van der Waals surface area contributed by atoms with E-state index in [0.717, 1.165) is 22.5 Å². The lowest BCUT2D eigenvalue weighted by Crippen LogP contribution is -1.77. The fourth-order valence-electron chi connectivity index (χ4n) is 1.91. The molecule has 2 heteroatoms. The topological polar surface area (TPSA) is 26.0 Å². The first kappa shape index (κ1) is 11.5. The maximum Gasteiger partial charge on any atom is 0.226 e. The summed E-state index contributed by atoms with van der Waals surface area (Å²) in [6, 6.07) is 17.9. The standard InChI is InChI=1S/C17H13NO/c1-2-13-8-10-15(11-9-13)17-18-12-16(19-17)14-6-4-3-5-7-14/h2-12H,1H2. The van der Waals surface area contributed by atoms with E-state index in [4.69, 9.17) is 4.42 Å². The predicted molar refractivity (Wildman–Crippen MR) is 77.5 cm³/mol. The van der Waals surface area contributed by atoms with Gasteiger partial charge < -0.3 is 4.42 Å². The molecule has 0 saturated heterocycles. The van der Waals surface area contributed by atoms with Gasteiger partial charge in [0.2, 0.25) is 5.89 Å². The zero-order valence-electron chi connectivity index (χ0n) is 10.4. The third kappa shape index (κ3) is 2.33. The van der Waals surface area contributed by atoms with Crippen molar-refractivity contribution in [2.75, 3.05) is 0 Å². The molecular formula is C17H13NO. The number of hydrogen-bond acceptors (Lipinski definition) is 2. The van der Waals surface area contributed by atoms with Gasteiger partial charge in [-0.1, -0.05) is 55.1 Å². The van der Waals surface area contributed by atoms with Crippen molar-refractivity contribution in [1.29, 1.82) is 0 Å². The summed E-state index contributed by atoms with van der Waals surface area (Å²) >= 11 is 0. The molecule has 0 aliphatic carbocycles. The minimum absolute atomic E-state index is 0.634. The van der Waals surface area contributed by atoms with Crippen LogP contribution in [-0.2, 0) is 0 Å². The highest BCUT2D eigenvalue weighted by Gasteiger charge is 2.07. The van der Waals surface area contributed by atoms with Crippen LogP contribution in [0.25, 0.3) is 28.9 Å². The molecule has 3 aromatic rings. The van der Waals surface area contributed by atoms with Crippen molar-refractivity contribution in [3.05, 3.63) is 72.9 Å². The van der Waals surface area contributed by atoms with Gasteiger partial charge in [-0.05, 0) is 17.7 Å². The number of hydrogen-bond donors (Lipinski definition) is 0. The number of benzene rings is 2. The molecule has 0 radical (unpaired) electrons. The highest BCUT2D eigenvalue weighted by Crippen LogP contribution is 2.25. The molecule has 0 bridgehead atoms. The Morgan fingerprint density at radius 3 is 2.32 bits per heavy atom. The third-order valence-corrected chi connectivity index (χ3v) is 2.96. The molecule has 3 rings (SSSR count). The van der Waals surface area contributed by atoms with E-state index in [1.54, 1.807) is 6.20 Å². The van der Waals surface area contributed by atoms with E-state index in [1.165, 1.54) is 0 Å². The molecule has 0 amide bonds. The minimum atomic E-state index is 0.634. The van der Waals surface area contributed by atoms with Crippen molar-refractivity contribution in [3.8, 4) is 22.8 Å². The Morgan fingerprint density at radius 1 is 0.895 bits per heavy atom. The first-order chi connectivity index (χ1) is 9.36. The van der Waals surface area contributed by atoms with Gasteiger partial charge in [-0.15, -0.1) is 0 Å². The predicted octanol–water partition coefficient (Wildman–Crippen LogP) is 4.65. The van der Waals surface area contributed by atoms with Crippen molar-refractivity contribution in [2.45, 2.75) is 0 Å². The molecule has 92 valence electrons. The molecule has 19 heavy (non-hydrogen) atoms. The van der Waals surface area contributed by atoms with Crippen molar-refractivity contribution >= 4 is 6.08 Å². The lowest BCUT2D eigenvalue weighted by atomic mass is 10.1. The Kier molecular flexibility index (Phi) is 2.99. The molecule has 0 aliphatic heterocycles. The summed E-state index contributed by atoms with van der Waals surface area (Å²) in [7, 11) is 0. The zero-order valence-corrected chi connectivity index (χ0v) is 10.4. The zero-order chi connectivity index (χ0) is 13.1. The van der Waals surface area contributed by atoms with Gasteiger partial charge in [0, 0.05) is 11.1 Å². The SMILES string of the molecule is C=Cc1ccc(-c2ncc(-c3ccccc3)o2)cc1. The van der Waals surface area contributed by atoms with Gasteiger partial charge in [-0.25, -0.2) is 4.98 Å². The van der Waals surface area contributed by atoms with E-state index in [0.29, 0.717) is 5.89 Å². The first-order valence-electron chi connectivity index (χ1n) is 6.11. The molecule has 2 nitrogen and oxygen atoms in total. The van der Waals surface area contributed by atoms with Crippen LogP contribution in [0.1, 0.15) is 5.56 Å². The van der Waals surface area contributed by atoms with Gasteiger partial charge in [0.15, 0.2) is 5.76 Å². The Morgan fingerprint density at radius 2 is 1.63 bits per heavy atom. The van der Waals surface area contributed by atoms with E-state index in [-0.39, 0.29) is 0 Å². The normalized spacial score (nSPS) is 10.3. The largest absolute Gasteiger partial charge is 0.436 e. The number of rotatable bonds is 3. The van der Waals surface area contributed by atoms with Crippen molar-refractivity contribution in [2.24, 2.45) is 0 Å². The van der Waals surface area contributed by atoms with Gasteiger partial charge in [0.25, 0.3) is 0 Å². The van der Waals surface area contributed by atoms with Crippen molar-refractivity contribution in [1.82, 2.24) is 4.98 Å². The van der Waals surface area contributed by atoms with Crippen LogP contribution >= 0.6 is 0 Å². The van der Waals surface area contributed by atoms with Gasteiger partial charge in [-0.2, -0.15) is 0 Å². The van der Waals surface area contributed by atoms with Crippen LogP contribution in [0.3, 0.4) is 0 Å². The fraction of sp³-hybridized carbons (Fsp3) is 0. The van der Waals surface area contributed by atoms with Crippen LogP contribution in [0.15, 0.2) is 71.8 Å². The average Bonchev–Trinajstić information content (AvgIpc) is 2.98. The van der Waals surface area contributed by atoms with Crippen LogP contribution < -0.4 is 0 Å². The highest BCUT2D eigenvalue weighted by molar-refractivity contribution is 5.62. The Hall–Kier alpha value is -2.61. The van der Waals surface area contributed by atoms with E-state index in [2.05, 4.69) is 11.6 Å². The van der Waals surface area contributed by atoms with Gasteiger partial charge in [0.05, 0.1) is 6.20 Å². The molecule has 0 aliphatic rings. The Balaban J connectivity index is 1.94. The first-order valence-corrected chi connectivity index (χ1v) is 6.11. The number of nitrogens with zero attached hydrogens (tertiary/aromatic N) is 1. The second kappa shape index (κ2) is 4.94. The van der Waals surface area contributed by atoms with Crippen LogP contribution in [0, 0.1) is 0 Å². The van der Waals surface area contributed by atoms with Gasteiger partial charge in [-0.3, -0.25) is 0 Å². The van der Waals surface area contributed by atoms with E-state index < -0.39 is 0 Å². The lowest BCUT2D eigenvalue weighted by molar-refractivity contribution is 0.589. The lowest BCUT2D eigenvalue weighted by Gasteiger charge is -1.97. The molecule has 0 saturated carbocycles. The molecule has 0 spiro atoms. The maximum atomic E-state index is 5.79.